The highest BCUT2D eigenvalue weighted by Crippen LogP contribution is 2.34. The van der Waals surface area contributed by atoms with Gasteiger partial charge in [0, 0.05) is 16.3 Å². The number of halogens is 2. The zero-order valence-electron chi connectivity index (χ0n) is 18.9. The van der Waals surface area contributed by atoms with E-state index in [1.165, 1.54) is 0 Å². The number of rotatable bonds is 7. The molecule has 4 rings (SSSR count). The SMILES string of the molecule is CCOc1ccccc1NC(=O)c1ccc(NC2=C(Cl)C(=O)N(c3cccc(Cl)c3C)C2=O)cc1. The van der Waals surface area contributed by atoms with Crippen molar-refractivity contribution in [1.82, 2.24) is 0 Å². The monoisotopic (exact) mass is 509 g/mol. The van der Waals surface area contributed by atoms with E-state index in [1.54, 1.807) is 67.6 Å². The number of nitrogens with one attached hydrogen (secondary N) is 2. The molecule has 0 saturated carbocycles. The molecule has 2 N–H and O–H groups in total. The maximum absolute atomic E-state index is 13.0. The molecular weight excluding hydrogens is 489 g/mol. The minimum atomic E-state index is -0.645. The van der Waals surface area contributed by atoms with E-state index in [1.807, 2.05) is 13.0 Å². The fourth-order valence-corrected chi connectivity index (χ4v) is 3.95. The number of hydrogen-bond acceptors (Lipinski definition) is 5. The van der Waals surface area contributed by atoms with Crippen LogP contribution in [0.5, 0.6) is 5.75 Å². The molecule has 0 spiro atoms. The molecule has 0 aliphatic carbocycles. The molecule has 1 heterocycles. The zero-order valence-corrected chi connectivity index (χ0v) is 20.4. The topological polar surface area (TPSA) is 87.7 Å². The lowest BCUT2D eigenvalue weighted by atomic mass is 10.1. The number of nitrogens with zero attached hydrogens (tertiary/aromatic N) is 1. The van der Waals surface area contributed by atoms with Crippen LogP contribution in [-0.4, -0.2) is 24.3 Å². The molecule has 0 unspecified atom stereocenters. The first kappa shape index (κ1) is 24.3. The van der Waals surface area contributed by atoms with Gasteiger partial charge in [0.05, 0.1) is 18.0 Å². The Labute approximate surface area is 212 Å². The Bertz CT molecular complexity index is 1350. The first-order valence-electron chi connectivity index (χ1n) is 10.8. The Kier molecular flexibility index (Phi) is 7.10. The van der Waals surface area contributed by atoms with E-state index < -0.39 is 11.8 Å². The van der Waals surface area contributed by atoms with Gasteiger partial charge in [-0.3, -0.25) is 14.4 Å². The van der Waals surface area contributed by atoms with Crippen LogP contribution < -0.4 is 20.3 Å². The molecule has 3 aromatic rings. The van der Waals surface area contributed by atoms with Crippen molar-refractivity contribution in [3.05, 3.63) is 93.6 Å². The Balaban J connectivity index is 1.50. The van der Waals surface area contributed by atoms with Crippen molar-refractivity contribution in [3.63, 3.8) is 0 Å². The number of para-hydroxylation sites is 2. The third-order valence-corrected chi connectivity index (χ3v) is 6.12. The molecule has 0 saturated heterocycles. The number of anilines is 3. The molecule has 3 amide bonds. The van der Waals surface area contributed by atoms with Gasteiger partial charge in [-0.05, 0) is 67.9 Å². The average Bonchev–Trinajstić information content (AvgIpc) is 3.06. The Morgan fingerprint density at radius 3 is 2.37 bits per heavy atom. The van der Waals surface area contributed by atoms with Crippen LogP contribution in [-0.2, 0) is 9.59 Å². The highest BCUT2D eigenvalue weighted by Gasteiger charge is 2.39. The Hall–Kier alpha value is -3.81. The second kappa shape index (κ2) is 10.2. The van der Waals surface area contributed by atoms with Crippen molar-refractivity contribution < 1.29 is 19.1 Å². The maximum Gasteiger partial charge on any atom is 0.283 e. The molecule has 35 heavy (non-hydrogen) atoms. The van der Waals surface area contributed by atoms with Crippen LogP contribution >= 0.6 is 23.2 Å². The van der Waals surface area contributed by atoms with Crippen LogP contribution in [0.1, 0.15) is 22.8 Å². The third kappa shape index (κ3) is 4.87. The minimum Gasteiger partial charge on any atom is -0.492 e. The van der Waals surface area contributed by atoms with Crippen molar-refractivity contribution in [2.45, 2.75) is 13.8 Å². The van der Waals surface area contributed by atoms with Crippen molar-refractivity contribution in [2.75, 3.05) is 22.1 Å². The van der Waals surface area contributed by atoms with Gasteiger partial charge in [0.2, 0.25) is 0 Å². The van der Waals surface area contributed by atoms with E-state index in [0.717, 1.165) is 4.90 Å². The second-order valence-electron chi connectivity index (χ2n) is 7.60. The second-order valence-corrected chi connectivity index (χ2v) is 8.39. The minimum absolute atomic E-state index is 0.0566. The number of amides is 3. The molecular formula is C26H21Cl2N3O4. The first-order chi connectivity index (χ1) is 16.8. The molecule has 9 heteroatoms. The van der Waals surface area contributed by atoms with E-state index in [-0.39, 0.29) is 16.6 Å². The summed E-state index contributed by atoms with van der Waals surface area (Å²) in [6.45, 7) is 4.05. The van der Waals surface area contributed by atoms with E-state index in [4.69, 9.17) is 27.9 Å². The van der Waals surface area contributed by atoms with Crippen LogP contribution in [0.4, 0.5) is 17.1 Å². The summed E-state index contributed by atoms with van der Waals surface area (Å²) < 4.78 is 5.54. The fourth-order valence-electron chi connectivity index (χ4n) is 3.56. The Morgan fingerprint density at radius 2 is 1.66 bits per heavy atom. The molecule has 0 bridgehead atoms. The molecule has 7 nitrogen and oxygen atoms in total. The summed E-state index contributed by atoms with van der Waals surface area (Å²) in [6, 6.07) is 18.5. The van der Waals surface area contributed by atoms with Gasteiger partial charge >= 0.3 is 0 Å². The fraction of sp³-hybridized carbons (Fsp3) is 0.115. The highest BCUT2D eigenvalue weighted by atomic mass is 35.5. The molecule has 3 aromatic carbocycles. The quantitative estimate of drug-likeness (QED) is 0.396. The zero-order chi connectivity index (χ0) is 25.1. The van der Waals surface area contributed by atoms with Crippen molar-refractivity contribution in [1.29, 1.82) is 0 Å². The van der Waals surface area contributed by atoms with E-state index in [2.05, 4.69) is 10.6 Å². The number of carbonyl (C=O) groups excluding carboxylic acids is 3. The number of hydrogen-bond donors (Lipinski definition) is 2. The number of ether oxygens (including phenoxy) is 1. The number of carbonyl (C=O) groups is 3. The lowest BCUT2D eigenvalue weighted by Crippen LogP contribution is -2.32. The van der Waals surface area contributed by atoms with Gasteiger partial charge in [0.25, 0.3) is 17.7 Å². The van der Waals surface area contributed by atoms with Gasteiger partial charge in [-0.2, -0.15) is 0 Å². The summed E-state index contributed by atoms with van der Waals surface area (Å²) in [4.78, 5) is 39.5. The lowest BCUT2D eigenvalue weighted by Gasteiger charge is -2.18. The van der Waals surface area contributed by atoms with E-state index in [0.29, 0.717) is 45.6 Å². The van der Waals surface area contributed by atoms with Crippen LogP contribution in [0.3, 0.4) is 0 Å². The number of benzene rings is 3. The third-order valence-electron chi connectivity index (χ3n) is 5.36. The normalized spacial score (nSPS) is 13.3. The van der Waals surface area contributed by atoms with Gasteiger partial charge < -0.3 is 15.4 Å². The smallest absolute Gasteiger partial charge is 0.283 e. The summed E-state index contributed by atoms with van der Waals surface area (Å²) in [7, 11) is 0. The molecule has 0 fully saturated rings. The molecule has 0 aromatic heterocycles. The summed E-state index contributed by atoms with van der Waals surface area (Å²) >= 11 is 12.4. The van der Waals surface area contributed by atoms with Crippen molar-refractivity contribution in [2.24, 2.45) is 0 Å². The molecule has 1 aliphatic rings. The highest BCUT2D eigenvalue weighted by molar-refractivity contribution is 6.53. The van der Waals surface area contributed by atoms with E-state index in [9.17, 15) is 14.4 Å². The summed E-state index contributed by atoms with van der Waals surface area (Å²) in [6.07, 6.45) is 0. The van der Waals surface area contributed by atoms with Crippen molar-refractivity contribution >= 4 is 58.0 Å². The Morgan fingerprint density at radius 1 is 0.943 bits per heavy atom. The van der Waals surface area contributed by atoms with Crippen LogP contribution in [0.25, 0.3) is 0 Å². The van der Waals surface area contributed by atoms with Gasteiger partial charge in [-0.25, -0.2) is 4.90 Å². The van der Waals surface area contributed by atoms with Gasteiger partial charge in [0.1, 0.15) is 16.5 Å². The van der Waals surface area contributed by atoms with Crippen molar-refractivity contribution in [3.8, 4) is 5.75 Å². The van der Waals surface area contributed by atoms with E-state index >= 15 is 0 Å². The molecule has 0 radical (unpaired) electrons. The van der Waals surface area contributed by atoms with Gasteiger partial charge in [-0.15, -0.1) is 0 Å². The predicted molar refractivity (Wildman–Crippen MR) is 137 cm³/mol. The van der Waals surface area contributed by atoms with Crippen LogP contribution in [0, 0.1) is 6.92 Å². The first-order valence-corrected chi connectivity index (χ1v) is 11.5. The maximum atomic E-state index is 13.0. The molecule has 1 aliphatic heterocycles. The lowest BCUT2D eigenvalue weighted by molar-refractivity contribution is -0.120. The van der Waals surface area contributed by atoms with Gasteiger partial charge in [-0.1, -0.05) is 41.4 Å². The largest absolute Gasteiger partial charge is 0.492 e. The van der Waals surface area contributed by atoms with Crippen LogP contribution in [0.15, 0.2) is 77.5 Å². The predicted octanol–water partition coefficient (Wildman–Crippen LogP) is 5.74. The van der Waals surface area contributed by atoms with Crippen LogP contribution in [0.2, 0.25) is 5.02 Å². The summed E-state index contributed by atoms with van der Waals surface area (Å²) in [5.74, 6) is -0.990. The molecule has 178 valence electrons. The average molecular weight is 510 g/mol. The standard InChI is InChI=1S/C26H21Cl2N3O4/c1-3-35-21-10-5-4-8-19(21)30-24(32)16-11-13-17(14-12-16)29-23-22(28)25(33)31(26(23)34)20-9-6-7-18(27)15(20)2/h4-14,29H,3H2,1-2H3,(H,30,32). The number of imide groups is 1. The van der Waals surface area contributed by atoms with Gasteiger partial charge in [0.15, 0.2) is 0 Å². The summed E-state index contributed by atoms with van der Waals surface area (Å²) in [5.41, 5.74) is 2.33. The molecule has 0 atom stereocenters. The summed E-state index contributed by atoms with van der Waals surface area (Å²) in [5, 5.41) is 5.92.